The minimum Gasteiger partial charge on any atom is -0.385 e. The van der Waals surface area contributed by atoms with Gasteiger partial charge < -0.3 is 10.1 Å². The molecule has 1 rings (SSSR count). The fourth-order valence-corrected chi connectivity index (χ4v) is 1.77. The zero-order valence-corrected chi connectivity index (χ0v) is 10.4. The molecule has 0 saturated carbocycles. The van der Waals surface area contributed by atoms with Gasteiger partial charge in [-0.05, 0) is 43.7 Å². The smallest absolute Gasteiger partial charge is 0.126 e. The third kappa shape index (κ3) is 4.08. The van der Waals surface area contributed by atoms with E-state index in [1.807, 2.05) is 7.05 Å². The number of halogens is 2. The van der Waals surface area contributed by atoms with Crippen LogP contribution in [0, 0.1) is 5.82 Å². The molecule has 0 spiro atoms. The lowest BCUT2D eigenvalue weighted by Gasteiger charge is -2.16. The Balaban J connectivity index is 2.65. The summed E-state index contributed by atoms with van der Waals surface area (Å²) in [4.78, 5) is 0. The first-order chi connectivity index (χ1) is 7.67. The Bertz CT molecular complexity index is 333. The Morgan fingerprint density at radius 1 is 1.50 bits per heavy atom. The molecule has 4 heteroatoms. The van der Waals surface area contributed by atoms with Crippen LogP contribution < -0.4 is 5.32 Å². The van der Waals surface area contributed by atoms with Gasteiger partial charge in [-0.15, -0.1) is 0 Å². The molecular formula is C12H17ClFNO. The molecule has 0 heterocycles. The standard InChI is InChI=1S/C12H17ClFNO/c1-15-11(5-6-16-2)8-9-7-10(13)3-4-12(9)14/h3-4,7,11,15H,5-6,8H2,1-2H3. The molecule has 1 atom stereocenters. The first-order valence-corrected chi connectivity index (χ1v) is 5.65. The summed E-state index contributed by atoms with van der Waals surface area (Å²) in [6.07, 6.45) is 1.46. The van der Waals surface area contributed by atoms with Crippen molar-refractivity contribution in [2.24, 2.45) is 0 Å². The number of benzene rings is 1. The van der Waals surface area contributed by atoms with Crippen LogP contribution in [0.15, 0.2) is 18.2 Å². The van der Waals surface area contributed by atoms with Crippen LogP contribution in [-0.4, -0.2) is 26.8 Å². The van der Waals surface area contributed by atoms with Crippen molar-refractivity contribution in [2.75, 3.05) is 20.8 Å². The first-order valence-electron chi connectivity index (χ1n) is 5.27. The fourth-order valence-electron chi connectivity index (χ4n) is 1.57. The van der Waals surface area contributed by atoms with Crippen molar-refractivity contribution >= 4 is 11.6 Å². The monoisotopic (exact) mass is 245 g/mol. The number of hydrogen-bond donors (Lipinski definition) is 1. The van der Waals surface area contributed by atoms with Gasteiger partial charge >= 0.3 is 0 Å². The predicted octanol–water partition coefficient (Wildman–Crippen LogP) is 2.65. The van der Waals surface area contributed by atoms with Crippen LogP contribution in [0.3, 0.4) is 0 Å². The average Bonchev–Trinajstić information content (AvgIpc) is 2.28. The van der Waals surface area contributed by atoms with E-state index in [4.69, 9.17) is 16.3 Å². The number of rotatable bonds is 6. The average molecular weight is 246 g/mol. The summed E-state index contributed by atoms with van der Waals surface area (Å²) in [5, 5.41) is 3.71. The molecule has 0 bridgehead atoms. The number of nitrogens with one attached hydrogen (secondary N) is 1. The van der Waals surface area contributed by atoms with E-state index in [0.717, 1.165) is 6.42 Å². The van der Waals surface area contributed by atoms with Crippen molar-refractivity contribution in [3.63, 3.8) is 0 Å². The van der Waals surface area contributed by atoms with Crippen LogP contribution in [0.4, 0.5) is 4.39 Å². The molecule has 2 nitrogen and oxygen atoms in total. The molecule has 0 aliphatic rings. The molecule has 1 aromatic rings. The van der Waals surface area contributed by atoms with Crippen LogP contribution in [-0.2, 0) is 11.2 Å². The second kappa shape index (κ2) is 6.84. The summed E-state index contributed by atoms with van der Waals surface area (Å²) in [7, 11) is 3.52. The molecular weight excluding hydrogens is 229 g/mol. The van der Waals surface area contributed by atoms with Gasteiger partial charge in [-0.3, -0.25) is 0 Å². The van der Waals surface area contributed by atoms with Crippen molar-refractivity contribution in [1.82, 2.24) is 5.32 Å². The van der Waals surface area contributed by atoms with Gasteiger partial charge in [0.05, 0.1) is 0 Å². The highest BCUT2D eigenvalue weighted by atomic mass is 35.5. The normalized spacial score (nSPS) is 12.8. The van der Waals surface area contributed by atoms with E-state index in [0.29, 0.717) is 23.6 Å². The molecule has 1 N–H and O–H groups in total. The van der Waals surface area contributed by atoms with Gasteiger partial charge in [-0.2, -0.15) is 0 Å². The summed E-state index contributed by atoms with van der Waals surface area (Å²) < 4.78 is 18.5. The van der Waals surface area contributed by atoms with E-state index >= 15 is 0 Å². The minimum atomic E-state index is -0.206. The molecule has 0 aliphatic heterocycles. The Morgan fingerprint density at radius 2 is 2.25 bits per heavy atom. The number of methoxy groups -OCH3 is 1. The van der Waals surface area contributed by atoms with Crippen molar-refractivity contribution < 1.29 is 9.13 Å². The molecule has 0 aromatic heterocycles. The maximum absolute atomic E-state index is 13.5. The SMILES string of the molecule is CNC(CCOC)Cc1cc(Cl)ccc1F. The fraction of sp³-hybridized carbons (Fsp3) is 0.500. The lowest BCUT2D eigenvalue weighted by molar-refractivity contribution is 0.183. The number of ether oxygens (including phenoxy) is 1. The van der Waals surface area contributed by atoms with E-state index in [1.54, 1.807) is 19.2 Å². The Kier molecular flexibility index (Phi) is 5.74. The zero-order valence-electron chi connectivity index (χ0n) is 9.59. The molecule has 0 saturated heterocycles. The maximum atomic E-state index is 13.5. The summed E-state index contributed by atoms with van der Waals surface area (Å²) >= 11 is 5.84. The lowest BCUT2D eigenvalue weighted by atomic mass is 10.0. The van der Waals surface area contributed by atoms with Crippen LogP contribution in [0.2, 0.25) is 5.02 Å². The van der Waals surface area contributed by atoms with Gasteiger partial charge in [-0.25, -0.2) is 4.39 Å². The van der Waals surface area contributed by atoms with Gasteiger partial charge in [0, 0.05) is 24.8 Å². The molecule has 0 radical (unpaired) electrons. The molecule has 0 fully saturated rings. The van der Waals surface area contributed by atoms with Crippen molar-refractivity contribution in [1.29, 1.82) is 0 Å². The Labute approximate surface area is 101 Å². The van der Waals surface area contributed by atoms with Crippen LogP contribution in [0.1, 0.15) is 12.0 Å². The lowest BCUT2D eigenvalue weighted by Crippen LogP contribution is -2.29. The Morgan fingerprint density at radius 3 is 2.88 bits per heavy atom. The van der Waals surface area contributed by atoms with E-state index < -0.39 is 0 Å². The van der Waals surface area contributed by atoms with Gasteiger partial charge in [0.25, 0.3) is 0 Å². The van der Waals surface area contributed by atoms with Crippen molar-refractivity contribution in [3.8, 4) is 0 Å². The quantitative estimate of drug-likeness (QED) is 0.832. The van der Waals surface area contributed by atoms with Crippen molar-refractivity contribution in [3.05, 3.63) is 34.6 Å². The zero-order chi connectivity index (χ0) is 12.0. The highest BCUT2D eigenvalue weighted by Gasteiger charge is 2.10. The molecule has 1 unspecified atom stereocenters. The van der Waals surface area contributed by atoms with Crippen LogP contribution >= 0.6 is 11.6 Å². The number of likely N-dealkylation sites (N-methyl/N-ethyl adjacent to an activating group) is 1. The molecule has 1 aromatic carbocycles. The highest BCUT2D eigenvalue weighted by molar-refractivity contribution is 6.30. The van der Waals surface area contributed by atoms with Crippen molar-refractivity contribution in [2.45, 2.75) is 18.9 Å². The van der Waals surface area contributed by atoms with E-state index in [9.17, 15) is 4.39 Å². The topological polar surface area (TPSA) is 21.3 Å². The molecule has 16 heavy (non-hydrogen) atoms. The largest absolute Gasteiger partial charge is 0.385 e. The Hall–Kier alpha value is -0.640. The molecule has 0 aliphatic carbocycles. The van der Waals surface area contributed by atoms with Crippen LogP contribution in [0.25, 0.3) is 0 Å². The molecule has 90 valence electrons. The second-order valence-electron chi connectivity index (χ2n) is 3.71. The van der Waals surface area contributed by atoms with Gasteiger partial charge in [0.15, 0.2) is 0 Å². The second-order valence-corrected chi connectivity index (χ2v) is 4.14. The summed E-state index contributed by atoms with van der Waals surface area (Å²) in [6.45, 7) is 0.660. The van der Waals surface area contributed by atoms with Gasteiger partial charge in [0.2, 0.25) is 0 Å². The summed E-state index contributed by atoms with van der Waals surface area (Å²) in [5.74, 6) is -0.206. The summed E-state index contributed by atoms with van der Waals surface area (Å²) in [5.41, 5.74) is 0.642. The summed E-state index contributed by atoms with van der Waals surface area (Å²) in [6, 6.07) is 4.84. The third-order valence-electron chi connectivity index (χ3n) is 2.55. The first kappa shape index (κ1) is 13.4. The maximum Gasteiger partial charge on any atom is 0.126 e. The number of hydrogen-bond acceptors (Lipinski definition) is 2. The van der Waals surface area contributed by atoms with Crippen LogP contribution in [0.5, 0.6) is 0 Å². The highest BCUT2D eigenvalue weighted by Crippen LogP contribution is 2.17. The predicted molar refractivity (Wildman–Crippen MR) is 64.5 cm³/mol. The molecule has 0 amide bonds. The minimum absolute atomic E-state index is 0.202. The van der Waals surface area contributed by atoms with Gasteiger partial charge in [0.1, 0.15) is 5.82 Å². The van der Waals surface area contributed by atoms with E-state index in [2.05, 4.69) is 5.32 Å². The van der Waals surface area contributed by atoms with E-state index in [-0.39, 0.29) is 11.9 Å². The van der Waals surface area contributed by atoms with Gasteiger partial charge in [-0.1, -0.05) is 11.6 Å². The van der Waals surface area contributed by atoms with E-state index in [1.165, 1.54) is 6.07 Å². The third-order valence-corrected chi connectivity index (χ3v) is 2.79.